The maximum Gasteiger partial charge on any atom is 0.251 e. The van der Waals surface area contributed by atoms with Gasteiger partial charge in [-0.25, -0.2) is 0 Å². The van der Waals surface area contributed by atoms with Gasteiger partial charge in [-0.2, -0.15) is 0 Å². The summed E-state index contributed by atoms with van der Waals surface area (Å²) in [4.78, 5) is 24.1. The Bertz CT molecular complexity index is 430. The minimum absolute atomic E-state index is 0.139. The van der Waals surface area contributed by atoms with E-state index in [4.69, 9.17) is 0 Å². The average Bonchev–Trinajstić information content (AvgIpc) is 2.50. The van der Waals surface area contributed by atoms with E-state index in [9.17, 15) is 9.59 Å². The third-order valence-corrected chi connectivity index (χ3v) is 3.10. The zero-order chi connectivity index (χ0) is 11.7. The lowest BCUT2D eigenvalue weighted by molar-refractivity contribution is -0.136. The second kappa shape index (κ2) is 4.25. The van der Waals surface area contributed by atoms with Crippen molar-refractivity contribution in [1.29, 1.82) is 0 Å². The number of rotatable bonds is 2. The van der Waals surface area contributed by atoms with E-state index in [-0.39, 0.29) is 18.2 Å². The summed E-state index contributed by atoms with van der Waals surface area (Å²) in [6, 6.07) is 7.06. The molecule has 0 aromatic heterocycles. The van der Waals surface area contributed by atoms with Gasteiger partial charge in [0.15, 0.2) is 0 Å². The van der Waals surface area contributed by atoms with Gasteiger partial charge in [-0.1, -0.05) is 15.9 Å². The Morgan fingerprint density at radius 1 is 1.31 bits per heavy atom. The third kappa shape index (κ3) is 2.09. The quantitative estimate of drug-likeness (QED) is 0.839. The number of hydrogen-bond donors (Lipinski definition) is 1. The van der Waals surface area contributed by atoms with Gasteiger partial charge in [0.2, 0.25) is 5.91 Å². The molecule has 1 atom stereocenters. The van der Waals surface area contributed by atoms with Crippen LogP contribution >= 0.6 is 15.9 Å². The third-order valence-electron chi connectivity index (χ3n) is 2.57. The smallest absolute Gasteiger partial charge is 0.251 e. The number of benzene rings is 1. The molecule has 1 fully saturated rings. The molecule has 0 saturated carbocycles. The highest BCUT2D eigenvalue weighted by molar-refractivity contribution is 9.10. The Balaban J connectivity index is 2.09. The molecule has 4 nitrogen and oxygen atoms in total. The van der Waals surface area contributed by atoms with E-state index in [1.54, 1.807) is 0 Å². The van der Waals surface area contributed by atoms with Crippen LogP contribution in [0.2, 0.25) is 0 Å². The van der Waals surface area contributed by atoms with Crippen LogP contribution in [0.1, 0.15) is 6.42 Å². The minimum Gasteiger partial charge on any atom is -0.373 e. The van der Waals surface area contributed by atoms with E-state index < -0.39 is 6.04 Å². The molecule has 84 valence electrons. The normalized spacial score (nSPS) is 20.4. The van der Waals surface area contributed by atoms with E-state index in [0.29, 0.717) is 0 Å². The topological polar surface area (TPSA) is 49.4 Å². The van der Waals surface area contributed by atoms with Gasteiger partial charge in [-0.3, -0.25) is 14.5 Å². The first-order valence-electron chi connectivity index (χ1n) is 4.90. The summed E-state index contributed by atoms with van der Waals surface area (Å²) >= 11 is 3.33. The molecule has 0 bridgehead atoms. The van der Waals surface area contributed by atoms with Gasteiger partial charge in [0.05, 0.1) is 6.42 Å². The van der Waals surface area contributed by atoms with Gasteiger partial charge in [0.1, 0.15) is 6.04 Å². The summed E-state index contributed by atoms with van der Waals surface area (Å²) in [6.07, 6.45) is 0.228. The Morgan fingerprint density at radius 3 is 2.44 bits per heavy atom. The molecule has 1 N–H and O–H groups in total. The van der Waals surface area contributed by atoms with Crippen LogP contribution in [0.4, 0.5) is 5.69 Å². The molecule has 0 radical (unpaired) electrons. The highest BCUT2D eigenvalue weighted by Gasteiger charge is 2.35. The fraction of sp³-hybridized carbons (Fsp3) is 0.273. The van der Waals surface area contributed by atoms with Crippen molar-refractivity contribution in [2.75, 3.05) is 12.4 Å². The largest absolute Gasteiger partial charge is 0.373 e. The molecule has 1 unspecified atom stereocenters. The van der Waals surface area contributed by atoms with Crippen LogP contribution in [0.25, 0.3) is 0 Å². The van der Waals surface area contributed by atoms with Crippen molar-refractivity contribution < 1.29 is 9.59 Å². The molecule has 1 aliphatic rings. The number of carbonyl (C=O) groups excluding carboxylic acids is 2. The van der Waals surface area contributed by atoms with E-state index in [0.717, 1.165) is 15.1 Å². The zero-order valence-corrected chi connectivity index (χ0v) is 10.3. The molecular formula is C11H11BrN2O2. The summed E-state index contributed by atoms with van der Waals surface area (Å²) in [5, 5.41) is 3.05. The van der Waals surface area contributed by atoms with E-state index >= 15 is 0 Å². The predicted octanol–water partition coefficient (Wildman–Crippen LogP) is 1.62. The van der Waals surface area contributed by atoms with Gasteiger partial charge >= 0.3 is 0 Å². The van der Waals surface area contributed by atoms with Gasteiger partial charge in [0, 0.05) is 17.2 Å². The summed E-state index contributed by atoms with van der Waals surface area (Å²) in [5.41, 5.74) is 0.838. The number of likely N-dealkylation sites (tertiary alicyclic amines) is 1. The monoisotopic (exact) mass is 282 g/mol. The first-order valence-corrected chi connectivity index (χ1v) is 5.70. The van der Waals surface area contributed by atoms with Crippen molar-refractivity contribution in [3.8, 4) is 0 Å². The van der Waals surface area contributed by atoms with Crippen molar-refractivity contribution in [3.05, 3.63) is 28.7 Å². The molecule has 1 heterocycles. The second-order valence-corrected chi connectivity index (χ2v) is 4.61. The molecule has 1 aromatic rings. The summed E-state index contributed by atoms with van der Waals surface area (Å²) in [5.74, 6) is -0.312. The summed E-state index contributed by atoms with van der Waals surface area (Å²) in [6.45, 7) is 0. The van der Waals surface area contributed by atoms with Gasteiger partial charge in [-0.15, -0.1) is 0 Å². The lowest BCUT2D eigenvalue weighted by atomic mass is 10.2. The number of nitrogens with zero attached hydrogens (tertiary/aromatic N) is 1. The number of hydrogen-bond acceptors (Lipinski definition) is 3. The number of carbonyl (C=O) groups is 2. The van der Waals surface area contributed by atoms with Gasteiger partial charge in [0.25, 0.3) is 5.91 Å². The number of nitrogens with one attached hydrogen (secondary N) is 1. The van der Waals surface area contributed by atoms with Crippen molar-refractivity contribution >= 4 is 33.4 Å². The molecule has 1 aliphatic heterocycles. The van der Waals surface area contributed by atoms with Gasteiger partial charge < -0.3 is 5.32 Å². The number of likely N-dealkylation sites (N-methyl/N-ethyl adjacent to an activating group) is 1. The van der Waals surface area contributed by atoms with Crippen LogP contribution in [0.3, 0.4) is 0 Å². The molecule has 1 aromatic carbocycles. The highest BCUT2D eigenvalue weighted by atomic mass is 79.9. The van der Waals surface area contributed by atoms with Crippen molar-refractivity contribution in [2.45, 2.75) is 12.5 Å². The fourth-order valence-electron chi connectivity index (χ4n) is 1.62. The first-order chi connectivity index (χ1) is 7.58. The average molecular weight is 283 g/mol. The van der Waals surface area contributed by atoms with E-state index in [1.165, 1.54) is 7.05 Å². The van der Waals surface area contributed by atoms with E-state index in [1.807, 2.05) is 24.3 Å². The number of imide groups is 1. The lowest BCUT2D eigenvalue weighted by Gasteiger charge is -2.12. The van der Waals surface area contributed by atoms with Crippen LogP contribution in [0.15, 0.2) is 28.7 Å². The van der Waals surface area contributed by atoms with Gasteiger partial charge in [-0.05, 0) is 24.3 Å². The number of halogens is 1. The standard InChI is InChI=1S/C11H11BrN2O2/c1-14-10(15)6-9(11(14)16)13-8-4-2-7(12)3-5-8/h2-5,9,13H,6H2,1H3. The minimum atomic E-state index is -0.432. The Morgan fingerprint density at radius 2 is 1.94 bits per heavy atom. The summed E-state index contributed by atoms with van der Waals surface area (Å²) in [7, 11) is 1.51. The lowest BCUT2D eigenvalue weighted by Crippen LogP contribution is -2.31. The number of amides is 2. The molecule has 16 heavy (non-hydrogen) atoms. The Kier molecular flexibility index (Phi) is 2.96. The molecule has 2 amide bonds. The van der Waals surface area contributed by atoms with Crippen LogP contribution in [-0.2, 0) is 9.59 Å². The predicted molar refractivity (Wildman–Crippen MR) is 63.9 cm³/mol. The highest BCUT2D eigenvalue weighted by Crippen LogP contribution is 2.19. The molecule has 2 rings (SSSR count). The maximum absolute atomic E-state index is 11.6. The SMILES string of the molecule is CN1C(=O)CC(Nc2ccc(Br)cc2)C1=O. The van der Waals surface area contributed by atoms with Crippen LogP contribution in [0.5, 0.6) is 0 Å². The molecular weight excluding hydrogens is 272 g/mol. The first kappa shape index (κ1) is 11.1. The summed E-state index contributed by atoms with van der Waals surface area (Å²) < 4.78 is 0.976. The van der Waals surface area contributed by atoms with Crippen LogP contribution in [-0.4, -0.2) is 29.8 Å². The zero-order valence-electron chi connectivity index (χ0n) is 8.74. The molecule has 5 heteroatoms. The molecule has 1 saturated heterocycles. The Hall–Kier alpha value is -1.36. The van der Waals surface area contributed by atoms with Crippen molar-refractivity contribution in [2.24, 2.45) is 0 Å². The number of anilines is 1. The second-order valence-electron chi connectivity index (χ2n) is 3.70. The Labute approximate surface area is 102 Å². The van der Waals surface area contributed by atoms with Crippen molar-refractivity contribution in [1.82, 2.24) is 4.90 Å². The van der Waals surface area contributed by atoms with Crippen molar-refractivity contribution in [3.63, 3.8) is 0 Å². The van der Waals surface area contributed by atoms with E-state index in [2.05, 4.69) is 21.2 Å². The maximum atomic E-state index is 11.6. The molecule has 0 spiro atoms. The molecule has 0 aliphatic carbocycles. The fourth-order valence-corrected chi connectivity index (χ4v) is 1.88. The van der Waals surface area contributed by atoms with Crippen LogP contribution < -0.4 is 5.32 Å². The van der Waals surface area contributed by atoms with Crippen LogP contribution in [0, 0.1) is 0 Å².